The number of allylic oxidation sites excluding steroid dienone is 5. The molecule has 0 aromatic heterocycles. The van der Waals surface area contributed by atoms with E-state index in [1.54, 1.807) is 0 Å². The van der Waals surface area contributed by atoms with Crippen LogP contribution in [-0.4, -0.2) is 17.2 Å². The Labute approximate surface area is 141 Å². The van der Waals surface area contributed by atoms with E-state index in [1.165, 1.54) is 32.1 Å². The van der Waals surface area contributed by atoms with E-state index >= 15 is 0 Å². The van der Waals surface area contributed by atoms with Crippen molar-refractivity contribution in [3.8, 4) is 0 Å². The smallest absolute Gasteiger partial charge is 0.303 e. The van der Waals surface area contributed by atoms with Crippen molar-refractivity contribution in [2.45, 2.75) is 83.2 Å². The predicted molar refractivity (Wildman–Crippen MR) is 95.3 cm³/mol. The highest BCUT2D eigenvalue weighted by Crippen LogP contribution is 2.16. The van der Waals surface area contributed by atoms with E-state index in [-0.39, 0.29) is 0 Å². The summed E-state index contributed by atoms with van der Waals surface area (Å²) in [4.78, 5) is 10.4. The third-order valence-electron chi connectivity index (χ3n) is 4.13. The number of rotatable bonds is 8. The van der Waals surface area contributed by atoms with Crippen LogP contribution in [0.25, 0.3) is 0 Å². The van der Waals surface area contributed by atoms with Crippen molar-refractivity contribution in [3.63, 3.8) is 0 Å². The van der Waals surface area contributed by atoms with Crippen molar-refractivity contribution in [3.05, 3.63) is 36.6 Å². The topological polar surface area (TPSA) is 46.5 Å². The normalized spacial score (nSPS) is 19.4. The Bertz CT molecular complexity index is 382. The van der Waals surface area contributed by atoms with Gasteiger partial charge in [0.15, 0.2) is 0 Å². The molecule has 0 bridgehead atoms. The first-order valence-electron chi connectivity index (χ1n) is 9.14. The number of aliphatic carboxylic acids is 1. The molecule has 0 radical (unpaired) electrons. The van der Waals surface area contributed by atoms with Gasteiger partial charge in [-0.05, 0) is 51.0 Å². The molecule has 0 aromatic carbocycles. The zero-order valence-corrected chi connectivity index (χ0v) is 14.3. The van der Waals surface area contributed by atoms with Gasteiger partial charge in [0.25, 0.3) is 0 Å². The van der Waals surface area contributed by atoms with Gasteiger partial charge in [-0.3, -0.25) is 4.79 Å². The number of ether oxygens (including phenoxy) is 1. The van der Waals surface area contributed by atoms with E-state index in [1.807, 2.05) is 24.5 Å². The fourth-order valence-electron chi connectivity index (χ4n) is 2.77. The van der Waals surface area contributed by atoms with E-state index in [0.717, 1.165) is 38.5 Å². The molecule has 3 nitrogen and oxygen atoms in total. The van der Waals surface area contributed by atoms with Gasteiger partial charge >= 0.3 is 5.97 Å². The molecule has 1 unspecified atom stereocenters. The molecule has 1 N–H and O–H groups in total. The summed E-state index contributed by atoms with van der Waals surface area (Å²) in [6.07, 6.45) is 25.3. The lowest BCUT2D eigenvalue weighted by molar-refractivity contribution is -0.137. The van der Waals surface area contributed by atoms with E-state index < -0.39 is 5.97 Å². The molecule has 0 spiro atoms. The van der Waals surface area contributed by atoms with E-state index in [9.17, 15) is 4.79 Å². The molecule has 0 aromatic rings. The lowest BCUT2D eigenvalue weighted by atomic mass is 10.0. The van der Waals surface area contributed by atoms with Gasteiger partial charge in [-0.1, -0.05) is 50.0 Å². The second-order valence-corrected chi connectivity index (χ2v) is 6.24. The summed E-state index contributed by atoms with van der Waals surface area (Å²) in [6, 6.07) is 0. The minimum Gasteiger partial charge on any atom is -0.498 e. The Morgan fingerprint density at radius 1 is 0.957 bits per heavy atom. The highest BCUT2D eigenvalue weighted by Gasteiger charge is 2.08. The maximum atomic E-state index is 10.4. The lowest BCUT2D eigenvalue weighted by Gasteiger charge is -2.16. The molecular weight excluding hydrogens is 288 g/mol. The van der Waals surface area contributed by atoms with Crippen LogP contribution in [0.4, 0.5) is 0 Å². The molecule has 23 heavy (non-hydrogen) atoms. The van der Waals surface area contributed by atoms with E-state index in [2.05, 4.69) is 12.2 Å². The van der Waals surface area contributed by atoms with Gasteiger partial charge in [-0.25, -0.2) is 0 Å². The summed E-state index contributed by atoms with van der Waals surface area (Å²) < 4.78 is 5.88. The summed E-state index contributed by atoms with van der Waals surface area (Å²) in [6.45, 7) is 0. The van der Waals surface area contributed by atoms with Crippen LogP contribution in [0.5, 0.6) is 0 Å². The number of hydrogen-bond acceptors (Lipinski definition) is 2. The van der Waals surface area contributed by atoms with Gasteiger partial charge in [0, 0.05) is 6.42 Å². The maximum Gasteiger partial charge on any atom is 0.303 e. The molecule has 1 atom stereocenters. The number of carboxylic acid groups (broad SMARTS) is 1. The van der Waals surface area contributed by atoms with Crippen LogP contribution in [0.3, 0.4) is 0 Å². The van der Waals surface area contributed by atoms with Gasteiger partial charge in [0.2, 0.25) is 0 Å². The Hall–Kier alpha value is -1.51. The highest BCUT2D eigenvalue weighted by atomic mass is 16.5. The molecule has 0 saturated carbocycles. The quantitative estimate of drug-likeness (QED) is 0.577. The van der Waals surface area contributed by atoms with Crippen molar-refractivity contribution in [2.75, 3.05) is 0 Å². The van der Waals surface area contributed by atoms with Crippen molar-refractivity contribution in [1.82, 2.24) is 0 Å². The summed E-state index contributed by atoms with van der Waals surface area (Å²) >= 11 is 0. The van der Waals surface area contributed by atoms with Crippen LogP contribution >= 0.6 is 0 Å². The van der Waals surface area contributed by atoms with Crippen LogP contribution < -0.4 is 0 Å². The minimum absolute atomic E-state index is 0.304. The molecule has 3 heteroatoms. The fraction of sp³-hybridized carbons (Fsp3) is 0.650. The van der Waals surface area contributed by atoms with Crippen LogP contribution in [0.2, 0.25) is 0 Å². The van der Waals surface area contributed by atoms with Gasteiger partial charge < -0.3 is 9.84 Å². The van der Waals surface area contributed by atoms with Crippen molar-refractivity contribution in [1.29, 1.82) is 0 Å². The first-order chi connectivity index (χ1) is 11.3. The molecule has 130 valence electrons. The molecule has 0 fully saturated rings. The molecule has 1 aliphatic rings. The molecular formula is C20H32O3. The minimum atomic E-state index is -0.682. The van der Waals surface area contributed by atoms with Crippen molar-refractivity contribution >= 4 is 5.97 Å². The third kappa shape index (κ3) is 12.7. The van der Waals surface area contributed by atoms with E-state index in [0.29, 0.717) is 12.5 Å². The van der Waals surface area contributed by atoms with Crippen LogP contribution in [0.1, 0.15) is 77.0 Å². The standard InChI is InChI=1S/C20H32O3/c21-20(22)17-13-9-6-8-12-16-19-15-11-7-4-2-1-3-5-10-14-18-23-19/h1,3,5,10,14,18-19H,2,4,6-9,11-13,15-17H2,(H,21,22). The largest absolute Gasteiger partial charge is 0.498 e. The fourth-order valence-corrected chi connectivity index (χ4v) is 2.77. The zero-order valence-electron chi connectivity index (χ0n) is 14.3. The average molecular weight is 320 g/mol. The SMILES string of the molecule is O=C(O)CCCCCCCC1CCCCCC=CC=CC=CO1. The zero-order chi connectivity index (χ0) is 16.6. The summed E-state index contributed by atoms with van der Waals surface area (Å²) in [7, 11) is 0. The number of hydrogen-bond donors (Lipinski definition) is 1. The molecule has 1 heterocycles. The highest BCUT2D eigenvalue weighted by molar-refractivity contribution is 5.66. The number of carboxylic acids is 1. The monoisotopic (exact) mass is 320 g/mol. The Morgan fingerprint density at radius 2 is 1.74 bits per heavy atom. The van der Waals surface area contributed by atoms with Crippen LogP contribution in [0, 0.1) is 0 Å². The van der Waals surface area contributed by atoms with E-state index in [4.69, 9.17) is 9.84 Å². The molecule has 1 aliphatic heterocycles. The number of carbonyl (C=O) groups is 1. The third-order valence-corrected chi connectivity index (χ3v) is 4.13. The van der Waals surface area contributed by atoms with Crippen LogP contribution in [-0.2, 0) is 9.53 Å². The van der Waals surface area contributed by atoms with Gasteiger partial charge in [-0.15, -0.1) is 0 Å². The van der Waals surface area contributed by atoms with Crippen molar-refractivity contribution in [2.24, 2.45) is 0 Å². The second kappa shape index (κ2) is 14.1. The van der Waals surface area contributed by atoms with Crippen LogP contribution in [0.15, 0.2) is 36.6 Å². The summed E-state index contributed by atoms with van der Waals surface area (Å²) in [5, 5.41) is 8.60. The second-order valence-electron chi connectivity index (χ2n) is 6.24. The van der Waals surface area contributed by atoms with Gasteiger partial charge in [-0.2, -0.15) is 0 Å². The summed E-state index contributed by atoms with van der Waals surface area (Å²) in [5.74, 6) is -0.682. The number of unbranched alkanes of at least 4 members (excludes halogenated alkanes) is 4. The first-order valence-corrected chi connectivity index (χ1v) is 9.14. The first kappa shape index (κ1) is 19.5. The molecule has 1 rings (SSSR count). The molecule has 0 aliphatic carbocycles. The predicted octanol–water partition coefficient (Wildman–Crippen LogP) is 5.78. The maximum absolute atomic E-state index is 10.4. The average Bonchev–Trinajstić information content (AvgIpc) is 2.55. The molecule has 0 amide bonds. The van der Waals surface area contributed by atoms with Gasteiger partial charge in [0.1, 0.15) is 0 Å². The Morgan fingerprint density at radius 3 is 2.61 bits per heavy atom. The van der Waals surface area contributed by atoms with Crippen molar-refractivity contribution < 1.29 is 14.6 Å². The van der Waals surface area contributed by atoms with Gasteiger partial charge in [0.05, 0.1) is 12.4 Å². The molecule has 0 saturated heterocycles. The lowest BCUT2D eigenvalue weighted by Crippen LogP contribution is -2.09. The Balaban J connectivity index is 2.18. The Kier molecular flexibility index (Phi) is 12.0. The summed E-state index contributed by atoms with van der Waals surface area (Å²) in [5.41, 5.74) is 0.